The molecule has 0 aliphatic rings. The first-order chi connectivity index (χ1) is 5.27. The van der Waals surface area contributed by atoms with Crippen LogP contribution in [0.4, 0.5) is 0 Å². The van der Waals surface area contributed by atoms with Crippen LogP contribution in [0.3, 0.4) is 0 Å². The van der Waals surface area contributed by atoms with Gasteiger partial charge in [0.05, 0.1) is 5.75 Å². The van der Waals surface area contributed by atoms with E-state index in [-0.39, 0.29) is 0 Å². The van der Waals surface area contributed by atoms with E-state index in [2.05, 4.69) is 0 Å². The minimum atomic E-state index is -4.15. The van der Waals surface area contributed by atoms with E-state index in [1.54, 1.807) is 4.72 Å². The van der Waals surface area contributed by atoms with Crippen LogP contribution in [0.5, 0.6) is 0 Å². The van der Waals surface area contributed by atoms with Crippen molar-refractivity contribution < 1.29 is 21.4 Å². The molecule has 0 aliphatic carbocycles. The third-order valence-corrected chi connectivity index (χ3v) is 2.87. The summed E-state index contributed by atoms with van der Waals surface area (Å²) >= 11 is 4.73. The van der Waals surface area contributed by atoms with Gasteiger partial charge >= 0.3 is 0 Å². The van der Waals surface area contributed by atoms with Crippen molar-refractivity contribution in [2.45, 2.75) is 0 Å². The van der Waals surface area contributed by atoms with E-state index in [0.717, 1.165) is 0 Å². The topological polar surface area (TPSA) is 113 Å². The minimum Gasteiger partial charge on any atom is -0.286 e. The molecule has 0 unspecified atom stereocenters. The Morgan fingerprint density at radius 3 is 2.08 bits per heavy atom. The Morgan fingerprint density at radius 1 is 1.25 bits per heavy atom. The van der Waals surface area contributed by atoms with Gasteiger partial charge in [-0.2, -0.15) is 16.8 Å². The normalized spacial score (nSPS) is 13.2. The zero-order chi connectivity index (χ0) is 9.83. The van der Waals surface area contributed by atoms with Crippen molar-refractivity contribution in [1.82, 2.24) is 8.96 Å². The fraction of sp³-hybridized carbons (Fsp3) is 1.00. The highest BCUT2D eigenvalue weighted by Gasteiger charge is 2.09. The lowest BCUT2D eigenvalue weighted by atomic mass is 10.8. The molecule has 0 aromatic rings. The van der Waals surface area contributed by atoms with Gasteiger partial charge in [0.2, 0.25) is 0 Å². The SMILES string of the molecule is O=S(=O)(O)CCNS(=O)(=O)NCl. The fourth-order valence-corrected chi connectivity index (χ4v) is 1.41. The predicted molar refractivity (Wildman–Crippen MR) is 42.3 cm³/mol. The lowest BCUT2D eigenvalue weighted by Gasteiger charge is -2.00. The van der Waals surface area contributed by atoms with Crippen LogP contribution in [0.15, 0.2) is 0 Å². The summed E-state index contributed by atoms with van der Waals surface area (Å²) in [5, 5.41) is 0. The first-order valence-corrected chi connectivity index (χ1v) is 6.06. The monoisotopic (exact) mass is 238 g/mol. The van der Waals surface area contributed by atoms with Crippen molar-refractivity contribution in [1.29, 1.82) is 0 Å². The van der Waals surface area contributed by atoms with Crippen molar-refractivity contribution in [3.63, 3.8) is 0 Å². The minimum absolute atomic E-state index is 0.444. The largest absolute Gasteiger partial charge is 0.290 e. The van der Waals surface area contributed by atoms with Crippen molar-refractivity contribution >= 4 is 32.1 Å². The highest BCUT2D eigenvalue weighted by Crippen LogP contribution is 1.82. The summed E-state index contributed by atoms with van der Waals surface area (Å²) in [6, 6.07) is 0. The van der Waals surface area contributed by atoms with Crippen molar-refractivity contribution in [2.75, 3.05) is 12.3 Å². The van der Waals surface area contributed by atoms with E-state index >= 15 is 0 Å². The number of rotatable bonds is 5. The summed E-state index contributed by atoms with van der Waals surface area (Å²) in [5.41, 5.74) is 0. The maximum Gasteiger partial charge on any atom is 0.290 e. The Balaban J connectivity index is 3.89. The van der Waals surface area contributed by atoms with Gasteiger partial charge in [0.1, 0.15) is 0 Å². The van der Waals surface area contributed by atoms with Gasteiger partial charge in [-0.25, -0.2) is 4.72 Å². The summed E-state index contributed by atoms with van der Waals surface area (Å²) in [4.78, 5) is 0. The predicted octanol–water partition coefficient (Wildman–Crippen LogP) is -1.55. The van der Waals surface area contributed by atoms with E-state index in [4.69, 9.17) is 16.3 Å². The average molecular weight is 239 g/mol. The summed E-state index contributed by atoms with van der Waals surface area (Å²) in [6.45, 7) is -0.444. The van der Waals surface area contributed by atoms with E-state index in [9.17, 15) is 16.8 Å². The number of hydrogen-bond donors (Lipinski definition) is 3. The highest BCUT2D eigenvalue weighted by molar-refractivity contribution is 7.88. The van der Waals surface area contributed by atoms with Gasteiger partial charge in [-0.15, -0.1) is 4.24 Å². The zero-order valence-corrected chi connectivity index (χ0v) is 8.08. The summed E-state index contributed by atoms with van der Waals surface area (Å²) in [5.74, 6) is -0.704. The maximum absolute atomic E-state index is 10.5. The molecule has 7 nitrogen and oxygen atoms in total. The van der Waals surface area contributed by atoms with E-state index in [1.807, 2.05) is 0 Å². The van der Waals surface area contributed by atoms with Crippen LogP contribution < -0.4 is 8.96 Å². The van der Waals surface area contributed by atoms with Gasteiger partial charge in [-0.1, -0.05) is 0 Å². The molecule has 10 heteroatoms. The Hall–Kier alpha value is 0.0700. The molecule has 0 saturated heterocycles. The Bertz CT molecular complexity index is 319. The van der Waals surface area contributed by atoms with Crippen molar-refractivity contribution in [2.24, 2.45) is 0 Å². The zero-order valence-electron chi connectivity index (χ0n) is 5.69. The molecule has 0 aliphatic heterocycles. The second kappa shape index (κ2) is 4.35. The molecule has 12 heavy (non-hydrogen) atoms. The van der Waals surface area contributed by atoms with Gasteiger partial charge < -0.3 is 0 Å². The van der Waals surface area contributed by atoms with Crippen LogP contribution in [-0.4, -0.2) is 33.7 Å². The molecular formula is C2H7ClN2O5S2. The molecule has 0 aromatic heterocycles. The Kier molecular flexibility index (Phi) is 4.37. The van der Waals surface area contributed by atoms with Gasteiger partial charge in [0, 0.05) is 6.54 Å². The third-order valence-electron chi connectivity index (χ3n) is 0.754. The molecule has 3 N–H and O–H groups in total. The quantitative estimate of drug-likeness (QED) is 0.397. The van der Waals surface area contributed by atoms with Crippen LogP contribution in [0, 0.1) is 0 Å². The van der Waals surface area contributed by atoms with E-state index in [1.165, 1.54) is 4.24 Å². The molecule has 0 aromatic carbocycles. The molecule has 0 rings (SSSR count). The molecule has 0 amide bonds. The first kappa shape index (κ1) is 12.1. The molecule has 0 atom stereocenters. The second-order valence-corrected chi connectivity index (χ2v) is 5.25. The fourth-order valence-electron chi connectivity index (χ4n) is 0.332. The number of halogens is 1. The Labute approximate surface area is 75.1 Å². The summed E-state index contributed by atoms with van der Waals surface area (Å²) in [6.07, 6.45) is 0. The molecular weight excluding hydrogens is 232 g/mol. The third kappa shape index (κ3) is 6.76. The lowest BCUT2D eigenvalue weighted by Crippen LogP contribution is -2.34. The molecule has 0 spiro atoms. The van der Waals surface area contributed by atoms with Gasteiger partial charge in [-0.05, 0) is 11.8 Å². The first-order valence-electron chi connectivity index (χ1n) is 2.59. The van der Waals surface area contributed by atoms with Crippen LogP contribution >= 0.6 is 11.8 Å². The molecule has 74 valence electrons. The number of nitrogens with one attached hydrogen (secondary N) is 2. The molecule has 0 radical (unpaired) electrons. The lowest BCUT2D eigenvalue weighted by molar-refractivity contribution is 0.482. The van der Waals surface area contributed by atoms with Crippen LogP contribution in [0.1, 0.15) is 0 Å². The standard InChI is InChI=1S/C2H7ClN2O5S2/c3-5-12(9,10)4-1-2-11(6,7)8/h4-5H,1-2H2,(H,6,7,8). The number of hydrogen-bond acceptors (Lipinski definition) is 4. The van der Waals surface area contributed by atoms with Crippen molar-refractivity contribution in [3.8, 4) is 0 Å². The molecule has 0 saturated carbocycles. The van der Waals surface area contributed by atoms with Crippen LogP contribution in [0.25, 0.3) is 0 Å². The van der Waals surface area contributed by atoms with Crippen LogP contribution in [-0.2, 0) is 20.3 Å². The molecule has 0 fully saturated rings. The summed E-state index contributed by atoms with van der Waals surface area (Å²) < 4.78 is 52.4. The molecule has 0 bridgehead atoms. The smallest absolute Gasteiger partial charge is 0.286 e. The van der Waals surface area contributed by atoms with Gasteiger partial charge in [0.25, 0.3) is 20.3 Å². The summed E-state index contributed by atoms with van der Waals surface area (Å²) in [7, 11) is -8.00. The van der Waals surface area contributed by atoms with Gasteiger partial charge in [0.15, 0.2) is 0 Å². The molecule has 0 heterocycles. The van der Waals surface area contributed by atoms with Gasteiger partial charge in [-0.3, -0.25) is 4.55 Å². The second-order valence-electron chi connectivity index (χ2n) is 1.76. The van der Waals surface area contributed by atoms with E-state index < -0.39 is 32.6 Å². The Morgan fingerprint density at radius 2 is 1.75 bits per heavy atom. The highest BCUT2D eigenvalue weighted by atomic mass is 35.5. The maximum atomic E-state index is 10.5. The average Bonchev–Trinajstić information content (AvgIpc) is 1.84. The van der Waals surface area contributed by atoms with Crippen LogP contribution in [0.2, 0.25) is 0 Å². The van der Waals surface area contributed by atoms with Crippen molar-refractivity contribution in [3.05, 3.63) is 0 Å². The van der Waals surface area contributed by atoms with E-state index in [0.29, 0.717) is 0 Å².